The fourth-order valence-corrected chi connectivity index (χ4v) is 1.40. The molecule has 0 unspecified atom stereocenters. The maximum atomic E-state index is 9.70. The van der Waals surface area contributed by atoms with Crippen LogP contribution in [0.25, 0.3) is 0 Å². The molecule has 5 nitrogen and oxygen atoms in total. The van der Waals surface area contributed by atoms with Gasteiger partial charge >= 0.3 is 0 Å². The quantitative estimate of drug-likeness (QED) is 0.759. The molecular formula is C10H13NO4. The van der Waals surface area contributed by atoms with Gasteiger partial charge in [0.1, 0.15) is 5.75 Å². The normalized spacial score (nSPS) is 13.5. The van der Waals surface area contributed by atoms with Gasteiger partial charge < -0.3 is 19.4 Å². The maximum Gasteiger partial charge on any atom is 0.231 e. The average Bonchev–Trinajstić information content (AvgIpc) is 2.65. The van der Waals surface area contributed by atoms with Crippen molar-refractivity contribution in [3.63, 3.8) is 0 Å². The molecule has 5 heteroatoms. The van der Waals surface area contributed by atoms with Crippen molar-refractivity contribution in [2.75, 3.05) is 21.0 Å². The van der Waals surface area contributed by atoms with E-state index < -0.39 is 0 Å². The highest BCUT2D eigenvalue weighted by Gasteiger charge is 2.17. The van der Waals surface area contributed by atoms with Gasteiger partial charge in [0.15, 0.2) is 11.5 Å². The Hall–Kier alpha value is -1.46. The third kappa shape index (κ3) is 1.98. The second-order valence-electron chi connectivity index (χ2n) is 3.30. The Labute approximate surface area is 87.7 Å². The summed E-state index contributed by atoms with van der Waals surface area (Å²) in [5, 5.41) is 11.3. The number of phenols is 1. The summed E-state index contributed by atoms with van der Waals surface area (Å²) in [5.74, 6) is 1.42. The van der Waals surface area contributed by atoms with E-state index in [0.717, 1.165) is 5.56 Å². The van der Waals surface area contributed by atoms with Crippen molar-refractivity contribution in [1.29, 1.82) is 0 Å². The fraction of sp³-hybridized carbons (Fsp3) is 0.400. The van der Waals surface area contributed by atoms with Gasteiger partial charge in [-0.1, -0.05) is 0 Å². The van der Waals surface area contributed by atoms with E-state index in [4.69, 9.17) is 14.3 Å². The summed E-state index contributed by atoms with van der Waals surface area (Å²) in [5.41, 5.74) is 0.739. The van der Waals surface area contributed by atoms with Crippen LogP contribution >= 0.6 is 0 Å². The highest BCUT2D eigenvalue weighted by atomic mass is 16.7. The summed E-state index contributed by atoms with van der Waals surface area (Å²) in [6.07, 6.45) is 0. The number of hydroxylamine groups is 2. The lowest BCUT2D eigenvalue weighted by atomic mass is 10.1. The molecule has 1 aliphatic rings. The Morgan fingerprint density at radius 1 is 1.40 bits per heavy atom. The first-order chi connectivity index (χ1) is 7.20. The zero-order chi connectivity index (χ0) is 10.8. The summed E-state index contributed by atoms with van der Waals surface area (Å²) in [6.45, 7) is 0.692. The Balaban J connectivity index is 2.24. The van der Waals surface area contributed by atoms with Gasteiger partial charge in [-0.2, -0.15) is 5.06 Å². The molecule has 1 heterocycles. The number of hydrogen-bond donors (Lipinski definition) is 1. The van der Waals surface area contributed by atoms with Crippen LogP contribution < -0.4 is 9.47 Å². The number of hydrogen-bond acceptors (Lipinski definition) is 5. The molecule has 0 aliphatic carbocycles. The predicted molar refractivity (Wildman–Crippen MR) is 52.7 cm³/mol. The number of nitrogens with zero attached hydrogens (tertiary/aromatic N) is 1. The molecule has 1 aromatic carbocycles. The van der Waals surface area contributed by atoms with Gasteiger partial charge in [0, 0.05) is 18.7 Å². The van der Waals surface area contributed by atoms with Crippen LogP contribution in [-0.2, 0) is 11.4 Å². The van der Waals surface area contributed by atoms with E-state index in [1.807, 2.05) is 0 Å². The van der Waals surface area contributed by atoms with E-state index in [1.54, 1.807) is 31.4 Å². The Morgan fingerprint density at radius 2 is 2.07 bits per heavy atom. The molecule has 1 N–H and O–H groups in total. The van der Waals surface area contributed by atoms with Gasteiger partial charge in [0.05, 0.1) is 13.7 Å². The molecule has 0 aromatic heterocycles. The number of fused-ring (bicyclic) bond motifs is 1. The van der Waals surface area contributed by atoms with Crippen molar-refractivity contribution < 1.29 is 19.4 Å². The van der Waals surface area contributed by atoms with Gasteiger partial charge in [-0.05, 0) is 6.07 Å². The van der Waals surface area contributed by atoms with Crippen molar-refractivity contribution in [2.24, 2.45) is 0 Å². The third-order valence-electron chi connectivity index (χ3n) is 2.28. The molecule has 0 spiro atoms. The molecule has 0 saturated heterocycles. The molecular weight excluding hydrogens is 198 g/mol. The van der Waals surface area contributed by atoms with Crippen LogP contribution in [0.1, 0.15) is 5.56 Å². The second kappa shape index (κ2) is 3.96. The lowest BCUT2D eigenvalue weighted by molar-refractivity contribution is -0.116. The zero-order valence-electron chi connectivity index (χ0n) is 8.69. The van der Waals surface area contributed by atoms with E-state index in [0.29, 0.717) is 18.0 Å². The number of benzene rings is 1. The summed E-state index contributed by atoms with van der Waals surface area (Å²) in [7, 11) is 3.36. The molecule has 0 saturated carbocycles. The van der Waals surface area contributed by atoms with Crippen LogP contribution in [0.3, 0.4) is 0 Å². The van der Waals surface area contributed by atoms with Gasteiger partial charge in [-0.3, -0.25) is 0 Å². The molecule has 0 amide bonds. The van der Waals surface area contributed by atoms with Crippen LogP contribution in [0.15, 0.2) is 12.1 Å². The Kier molecular flexibility index (Phi) is 2.66. The molecule has 0 radical (unpaired) electrons. The standard InChI is InChI=1S/C10H13NO4/c1-11(13-2)5-7-3-9-10(4-8(7)12)15-6-14-9/h3-4,12H,5-6H2,1-2H3. The van der Waals surface area contributed by atoms with E-state index in [-0.39, 0.29) is 12.5 Å². The first kappa shape index (κ1) is 10.1. The van der Waals surface area contributed by atoms with Crippen molar-refractivity contribution in [3.05, 3.63) is 17.7 Å². The van der Waals surface area contributed by atoms with Gasteiger partial charge in [-0.25, -0.2) is 0 Å². The van der Waals surface area contributed by atoms with Crippen molar-refractivity contribution in [2.45, 2.75) is 6.54 Å². The molecule has 15 heavy (non-hydrogen) atoms. The molecule has 82 valence electrons. The topological polar surface area (TPSA) is 51.2 Å². The van der Waals surface area contributed by atoms with E-state index in [1.165, 1.54) is 0 Å². The maximum absolute atomic E-state index is 9.70. The highest BCUT2D eigenvalue weighted by molar-refractivity contribution is 5.51. The van der Waals surface area contributed by atoms with Gasteiger partial charge in [-0.15, -0.1) is 0 Å². The summed E-state index contributed by atoms with van der Waals surface area (Å²) < 4.78 is 10.4. The van der Waals surface area contributed by atoms with Crippen LogP contribution in [0.5, 0.6) is 17.2 Å². The lowest BCUT2D eigenvalue weighted by Crippen LogP contribution is -2.15. The second-order valence-corrected chi connectivity index (χ2v) is 3.30. The van der Waals surface area contributed by atoms with Crippen molar-refractivity contribution >= 4 is 0 Å². The molecule has 0 atom stereocenters. The van der Waals surface area contributed by atoms with Crippen molar-refractivity contribution in [3.8, 4) is 17.2 Å². The first-order valence-electron chi connectivity index (χ1n) is 4.57. The summed E-state index contributed by atoms with van der Waals surface area (Å²) >= 11 is 0. The minimum Gasteiger partial charge on any atom is -0.507 e. The van der Waals surface area contributed by atoms with E-state index in [9.17, 15) is 5.11 Å². The minimum atomic E-state index is 0.183. The number of ether oxygens (including phenoxy) is 2. The van der Waals surface area contributed by atoms with Crippen LogP contribution in [-0.4, -0.2) is 31.1 Å². The molecule has 0 fully saturated rings. The molecule has 2 rings (SSSR count). The molecule has 0 bridgehead atoms. The highest BCUT2D eigenvalue weighted by Crippen LogP contribution is 2.37. The molecule has 1 aromatic rings. The largest absolute Gasteiger partial charge is 0.507 e. The third-order valence-corrected chi connectivity index (χ3v) is 2.28. The average molecular weight is 211 g/mol. The van der Waals surface area contributed by atoms with Gasteiger partial charge in [0.25, 0.3) is 0 Å². The Bertz CT molecular complexity index is 367. The van der Waals surface area contributed by atoms with Crippen LogP contribution in [0.2, 0.25) is 0 Å². The summed E-state index contributed by atoms with van der Waals surface area (Å²) in [4.78, 5) is 4.98. The fourth-order valence-electron chi connectivity index (χ4n) is 1.40. The molecule has 1 aliphatic heterocycles. The first-order valence-corrected chi connectivity index (χ1v) is 4.57. The number of rotatable bonds is 3. The number of phenolic OH excluding ortho intramolecular Hbond substituents is 1. The Morgan fingerprint density at radius 3 is 2.73 bits per heavy atom. The summed E-state index contributed by atoms with van der Waals surface area (Å²) in [6, 6.07) is 3.31. The van der Waals surface area contributed by atoms with E-state index in [2.05, 4.69) is 0 Å². The van der Waals surface area contributed by atoms with Crippen LogP contribution in [0.4, 0.5) is 0 Å². The van der Waals surface area contributed by atoms with Gasteiger partial charge in [0.2, 0.25) is 6.79 Å². The SMILES string of the molecule is CON(C)Cc1cc2c(cc1O)OCO2. The van der Waals surface area contributed by atoms with E-state index >= 15 is 0 Å². The zero-order valence-corrected chi connectivity index (χ0v) is 8.69. The number of aromatic hydroxyl groups is 1. The smallest absolute Gasteiger partial charge is 0.231 e. The minimum absolute atomic E-state index is 0.183. The lowest BCUT2D eigenvalue weighted by Gasteiger charge is -2.14. The monoisotopic (exact) mass is 211 g/mol. The van der Waals surface area contributed by atoms with Crippen LogP contribution in [0, 0.1) is 0 Å². The van der Waals surface area contributed by atoms with Crippen molar-refractivity contribution in [1.82, 2.24) is 5.06 Å². The predicted octanol–water partition coefficient (Wildman–Crippen LogP) is 1.11.